The molecular weight excluding hydrogens is 568 g/mol. The van der Waals surface area contributed by atoms with Gasteiger partial charge >= 0.3 is 0 Å². The fourth-order valence-corrected chi connectivity index (χ4v) is 7.16. The van der Waals surface area contributed by atoms with Crippen LogP contribution >= 0.6 is 11.3 Å². The number of hydrogen-bond acceptors (Lipinski definition) is 10. The molecule has 12 nitrogen and oxygen atoms in total. The number of rotatable bonds is 9. The first-order valence-electron chi connectivity index (χ1n) is 12.9. The molecule has 2 aliphatic carbocycles. The quantitative estimate of drug-likeness (QED) is 0.395. The van der Waals surface area contributed by atoms with Crippen LogP contribution in [0.1, 0.15) is 44.0 Å². The Labute approximate surface area is 233 Å². The second-order valence-corrected chi connectivity index (χ2v) is 13.3. The number of benzene rings is 1. The maximum absolute atomic E-state index is 13.5. The van der Waals surface area contributed by atoms with Gasteiger partial charge in [0.05, 0.1) is 28.6 Å². The molecule has 0 atom stereocenters. The Balaban J connectivity index is 1.43. The van der Waals surface area contributed by atoms with E-state index in [-0.39, 0.29) is 21.8 Å². The fraction of sp³-hybridized carbons (Fsp3) is 0.583. The number of nitrogens with zero attached hydrogens (tertiary/aromatic N) is 6. The number of aromatic nitrogens is 4. The molecule has 1 amide bonds. The number of nitrogens with one attached hydrogen (secondary N) is 1. The molecule has 2 saturated carbocycles. The molecular formula is C24H29F2N7O5S2. The Morgan fingerprint density at radius 3 is 2.35 bits per heavy atom. The first kappa shape index (κ1) is 27.2. The van der Waals surface area contributed by atoms with E-state index in [0.29, 0.717) is 66.9 Å². The lowest BCUT2D eigenvalue weighted by Crippen LogP contribution is -2.52. The van der Waals surface area contributed by atoms with E-state index in [1.54, 1.807) is 18.1 Å². The number of anilines is 1. The van der Waals surface area contributed by atoms with E-state index in [1.165, 1.54) is 17.9 Å². The average molecular weight is 598 g/mol. The maximum atomic E-state index is 13.5. The van der Waals surface area contributed by atoms with Crippen molar-refractivity contribution in [1.29, 1.82) is 0 Å². The number of halogens is 2. The highest BCUT2D eigenvalue weighted by Gasteiger charge is 2.52. The van der Waals surface area contributed by atoms with Crippen molar-refractivity contribution < 1.29 is 31.5 Å². The third kappa shape index (κ3) is 4.69. The molecule has 16 heteroatoms. The van der Waals surface area contributed by atoms with Gasteiger partial charge in [-0.25, -0.2) is 26.6 Å². The van der Waals surface area contributed by atoms with Crippen molar-refractivity contribution in [3.63, 3.8) is 0 Å². The lowest BCUT2D eigenvalue weighted by Gasteiger charge is -2.37. The predicted molar refractivity (Wildman–Crippen MR) is 142 cm³/mol. The molecule has 1 aliphatic heterocycles. The molecule has 40 heavy (non-hydrogen) atoms. The minimum Gasteiger partial charge on any atom is -0.479 e. The minimum absolute atomic E-state index is 0.000323. The topological polar surface area (TPSA) is 132 Å². The summed E-state index contributed by atoms with van der Waals surface area (Å²) in [4.78, 5) is 16.8. The zero-order valence-corrected chi connectivity index (χ0v) is 23.8. The lowest BCUT2D eigenvalue weighted by molar-refractivity contribution is -0.144. The molecule has 0 bridgehead atoms. The average Bonchev–Trinajstić information content (AvgIpc) is 3.78. The van der Waals surface area contributed by atoms with E-state index < -0.39 is 32.6 Å². The van der Waals surface area contributed by atoms with Crippen LogP contribution in [0.15, 0.2) is 17.0 Å². The Bertz CT molecular complexity index is 1580. The highest BCUT2D eigenvalue weighted by Crippen LogP contribution is 2.43. The summed E-state index contributed by atoms with van der Waals surface area (Å²) in [6.07, 6.45) is 0.0477. The monoisotopic (exact) mass is 597 g/mol. The Morgan fingerprint density at radius 1 is 1.10 bits per heavy atom. The fourth-order valence-electron chi connectivity index (χ4n) is 4.99. The molecule has 6 rings (SSSR count). The van der Waals surface area contributed by atoms with Gasteiger partial charge in [0.1, 0.15) is 5.60 Å². The van der Waals surface area contributed by atoms with Gasteiger partial charge in [-0.3, -0.25) is 4.79 Å². The van der Waals surface area contributed by atoms with Crippen molar-refractivity contribution in [3.8, 4) is 11.0 Å². The number of ether oxygens (including phenoxy) is 2. The molecule has 1 N–H and O–H groups in total. The van der Waals surface area contributed by atoms with E-state index in [9.17, 15) is 22.0 Å². The predicted octanol–water partition coefficient (Wildman–Crippen LogP) is 2.48. The number of methoxy groups -OCH3 is 2. The number of piperazine rings is 1. The van der Waals surface area contributed by atoms with Gasteiger partial charge < -0.3 is 19.3 Å². The van der Waals surface area contributed by atoms with Crippen molar-refractivity contribution in [1.82, 2.24) is 29.6 Å². The molecule has 2 aromatic heterocycles. The molecule has 3 fully saturated rings. The molecule has 0 unspecified atom stereocenters. The summed E-state index contributed by atoms with van der Waals surface area (Å²) in [7, 11) is -0.968. The molecule has 3 aliphatic rings. The van der Waals surface area contributed by atoms with Crippen molar-refractivity contribution in [2.45, 2.75) is 55.1 Å². The van der Waals surface area contributed by atoms with Crippen molar-refractivity contribution in [2.24, 2.45) is 0 Å². The number of fused-ring (bicyclic) bond motifs is 1. The second kappa shape index (κ2) is 9.56. The van der Waals surface area contributed by atoms with Gasteiger partial charge in [-0.05, 0) is 44.7 Å². The second-order valence-electron chi connectivity index (χ2n) is 10.6. The van der Waals surface area contributed by atoms with Crippen molar-refractivity contribution in [2.75, 3.05) is 45.3 Å². The number of carbonyl (C=O) groups excluding carboxylic acids is 1. The van der Waals surface area contributed by atoms with Gasteiger partial charge in [-0.2, -0.15) is 0 Å². The number of amides is 1. The molecule has 3 aromatic rings. The molecule has 1 saturated heterocycles. The number of hydrogen-bond donors (Lipinski definition) is 1. The van der Waals surface area contributed by atoms with Gasteiger partial charge in [0.2, 0.25) is 21.0 Å². The Kier molecular flexibility index (Phi) is 6.51. The summed E-state index contributed by atoms with van der Waals surface area (Å²) in [6, 6.07) is 3.02. The summed E-state index contributed by atoms with van der Waals surface area (Å²) in [5.41, 5.74) is -0.372. The summed E-state index contributed by atoms with van der Waals surface area (Å²) in [5, 5.41) is 12.0. The first-order chi connectivity index (χ1) is 19.0. The lowest BCUT2D eigenvalue weighted by atomic mass is 10.1. The van der Waals surface area contributed by atoms with E-state index in [2.05, 4.69) is 20.0 Å². The molecule has 0 spiro atoms. The standard InChI is InChI=1S/C24H29F2N7O5S2/c1-23(4-5-23)30-40(35,36)14-12-15(31-8-10-32(11-9-31)21(34)24(38-3)6-7-24)17-16(13-14)33(29-19(17)37-2)22-28-27-20(39-22)18(25)26/h12-13,18,30H,4-11H2,1-3H3. The summed E-state index contributed by atoms with van der Waals surface area (Å²) in [6.45, 7) is 3.54. The summed E-state index contributed by atoms with van der Waals surface area (Å²) in [5.74, 6) is 0.147. The molecule has 1 aromatic carbocycles. The first-order valence-corrected chi connectivity index (χ1v) is 15.2. The van der Waals surface area contributed by atoms with E-state index in [0.717, 1.165) is 12.8 Å². The van der Waals surface area contributed by atoms with Crippen LogP contribution < -0.4 is 14.4 Å². The van der Waals surface area contributed by atoms with Gasteiger partial charge in [0.15, 0.2) is 5.01 Å². The zero-order valence-electron chi connectivity index (χ0n) is 22.2. The smallest absolute Gasteiger partial charge is 0.291 e. The number of alkyl halides is 2. The van der Waals surface area contributed by atoms with Gasteiger partial charge in [0, 0.05) is 38.8 Å². The normalized spacial score (nSPS) is 19.9. The van der Waals surface area contributed by atoms with Crippen LogP contribution in [0.2, 0.25) is 0 Å². The van der Waals surface area contributed by atoms with Crippen LogP contribution in [-0.2, 0) is 19.6 Å². The summed E-state index contributed by atoms with van der Waals surface area (Å²) >= 11 is 0.659. The Hall–Kier alpha value is -2.95. The molecule has 3 heterocycles. The minimum atomic E-state index is -3.94. The largest absolute Gasteiger partial charge is 0.479 e. The van der Waals surface area contributed by atoms with Crippen molar-refractivity contribution >= 4 is 43.9 Å². The third-order valence-electron chi connectivity index (χ3n) is 7.78. The van der Waals surface area contributed by atoms with Crippen LogP contribution in [0.25, 0.3) is 16.0 Å². The van der Waals surface area contributed by atoms with Gasteiger partial charge in [0.25, 0.3) is 12.3 Å². The van der Waals surface area contributed by atoms with E-state index >= 15 is 0 Å². The zero-order chi connectivity index (χ0) is 28.4. The van der Waals surface area contributed by atoms with E-state index in [4.69, 9.17) is 9.47 Å². The third-order valence-corrected chi connectivity index (χ3v) is 10.3. The van der Waals surface area contributed by atoms with Crippen LogP contribution in [-0.4, -0.2) is 90.7 Å². The molecule has 0 radical (unpaired) electrons. The Morgan fingerprint density at radius 2 is 1.80 bits per heavy atom. The van der Waals surface area contributed by atoms with Crippen LogP contribution in [0, 0.1) is 0 Å². The highest BCUT2D eigenvalue weighted by molar-refractivity contribution is 7.89. The molecule has 216 valence electrons. The van der Waals surface area contributed by atoms with Crippen LogP contribution in [0.5, 0.6) is 5.88 Å². The highest BCUT2D eigenvalue weighted by atomic mass is 32.2. The SMILES string of the molecule is COc1nn(-c2nnc(C(F)F)s2)c2cc(S(=O)(=O)NC3(C)CC3)cc(N3CCN(C(=O)C4(OC)CC4)CC3)c12. The number of sulfonamides is 1. The van der Waals surface area contributed by atoms with Crippen molar-refractivity contribution in [3.05, 3.63) is 17.1 Å². The number of carbonyl (C=O) groups is 1. The van der Waals surface area contributed by atoms with E-state index in [1.807, 2.05) is 11.8 Å². The maximum Gasteiger partial charge on any atom is 0.291 e. The summed E-state index contributed by atoms with van der Waals surface area (Å²) < 4.78 is 68.6. The van der Waals surface area contributed by atoms with Gasteiger partial charge in [-0.1, -0.05) is 11.3 Å². The van der Waals surface area contributed by atoms with Gasteiger partial charge in [-0.15, -0.1) is 15.3 Å². The van der Waals surface area contributed by atoms with Crippen LogP contribution in [0.4, 0.5) is 14.5 Å². The van der Waals surface area contributed by atoms with Crippen LogP contribution in [0.3, 0.4) is 0 Å².